The summed E-state index contributed by atoms with van der Waals surface area (Å²) in [6.45, 7) is 10.5. The van der Waals surface area contributed by atoms with Gasteiger partial charge in [0, 0.05) is 114 Å². The summed E-state index contributed by atoms with van der Waals surface area (Å²) in [5, 5.41) is 12.0. The minimum Gasteiger partial charge on any atom is -1.00 e. The predicted molar refractivity (Wildman–Crippen MR) is 302 cm³/mol. The predicted octanol–water partition coefficient (Wildman–Crippen LogP) is 8.87. The third-order valence-electron chi connectivity index (χ3n) is 14.5. The average molecular weight is 1160 g/mol. The van der Waals surface area contributed by atoms with Gasteiger partial charge in [0.2, 0.25) is 0 Å². The Hall–Kier alpha value is -3.02. The van der Waals surface area contributed by atoms with Crippen molar-refractivity contribution in [2.75, 3.05) is 47.4 Å². The number of Topliss-reactive ketones (excluding diaryl/α,β-unsaturated/α-hetero) is 1. The average Bonchev–Trinajstić information content (AvgIpc) is 3.94. The molecule has 11 atom stereocenters. The Morgan fingerprint density at radius 1 is 0.588 bits per heavy atom. The number of hydrogen-bond acceptors (Lipinski definition) is 20. The van der Waals surface area contributed by atoms with E-state index in [0.29, 0.717) is 57.3 Å². The number of rotatable bonds is 34. The van der Waals surface area contributed by atoms with Crippen LogP contribution in [0, 0.1) is 33.6 Å². The molecular weight excluding hydrogens is 1050 g/mol. The molecule has 0 aromatic rings. The molecule has 460 valence electrons. The molecule has 3 unspecified atom stereocenters. The van der Waals surface area contributed by atoms with Gasteiger partial charge in [-0.15, -0.1) is 0 Å². The third kappa shape index (κ3) is 36.5. The molecule has 2 aliphatic carbocycles. The summed E-state index contributed by atoms with van der Waals surface area (Å²) in [6.07, 6.45) is 28.6. The van der Waals surface area contributed by atoms with Gasteiger partial charge >= 0.3 is 42.7 Å². The molecule has 2 heterocycles. The van der Waals surface area contributed by atoms with E-state index in [0.717, 1.165) is 141 Å². The second kappa shape index (κ2) is 51.6. The zero-order chi connectivity index (χ0) is 59.2. The van der Waals surface area contributed by atoms with Crippen molar-refractivity contribution in [1.82, 2.24) is 0 Å². The van der Waals surface area contributed by atoms with Crippen molar-refractivity contribution in [2.24, 2.45) is 23.7 Å². The Bertz CT molecular complexity index is 1670. The van der Waals surface area contributed by atoms with Gasteiger partial charge < -0.3 is 48.6 Å². The van der Waals surface area contributed by atoms with E-state index in [1.54, 1.807) is 13.2 Å². The molecular formula is C58H102LiO20P. The molecule has 0 aromatic heterocycles. The maximum absolute atomic E-state index is 12.5. The summed E-state index contributed by atoms with van der Waals surface area (Å²) in [6, 6.07) is 0. The summed E-state index contributed by atoms with van der Waals surface area (Å²) in [5.74, 6) is -0.699. The first-order valence-corrected chi connectivity index (χ1v) is 30.9. The Labute approximate surface area is 492 Å². The third-order valence-corrected chi connectivity index (χ3v) is 16.0. The first-order valence-electron chi connectivity index (χ1n) is 29.0. The van der Waals surface area contributed by atoms with Gasteiger partial charge in [0.05, 0.1) is 32.6 Å². The Kier molecular flexibility index (Phi) is 51.0. The number of carbonyl (C=O) groups is 7. The van der Waals surface area contributed by atoms with Crippen LogP contribution in [0.15, 0.2) is 12.2 Å². The maximum atomic E-state index is 12.5. The molecule has 20 nitrogen and oxygen atoms in total. The summed E-state index contributed by atoms with van der Waals surface area (Å²) < 4.78 is 49.6. The Balaban J connectivity index is -0.00000118. The van der Waals surface area contributed by atoms with Crippen LogP contribution in [-0.4, -0.2) is 137 Å². The van der Waals surface area contributed by atoms with Crippen molar-refractivity contribution in [3.05, 3.63) is 22.1 Å². The van der Waals surface area contributed by atoms with Gasteiger partial charge in [0.1, 0.15) is 24.3 Å². The van der Waals surface area contributed by atoms with Crippen molar-refractivity contribution >= 4 is 49.9 Å². The molecule has 2 saturated heterocycles. The first kappa shape index (κ1) is 79.0. The molecule has 0 aromatic carbocycles. The van der Waals surface area contributed by atoms with Crippen LogP contribution < -0.4 is 18.9 Å². The van der Waals surface area contributed by atoms with Gasteiger partial charge in [-0.1, -0.05) is 84.1 Å². The van der Waals surface area contributed by atoms with E-state index in [4.69, 9.17) is 58.1 Å². The van der Waals surface area contributed by atoms with E-state index < -0.39 is 8.15 Å². The van der Waals surface area contributed by atoms with Crippen LogP contribution >= 0.6 is 8.15 Å². The number of hydrogen-bond donors (Lipinski definition) is 2. The molecule has 80 heavy (non-hydrogen) atoms. The van der Waals surface area contributed by atoms with E-state index in [1.165, 1.54) is 40.9 Å². The number of ether oxygens (including phenoxy) is 8. The molecule has 0 amide bonds. The van der Waals surface area contributed by atoms with Gasteiger partial charge in [-0.05, 0) is 89.8 Å². The van der Waals surface area contributed by atoms with Crippen molar-refractivity contribution in [2.45, 2.75) is 244 Å². The van der Waals surface area contributed by atoms with Crippen LogP contribution in [0.4, 0.5) is 0 Å². The molecule has 4 aliphatic rings. The minimum absolute atomic E-state index is 0. The first-order chi connectivity index (χ1) is 38.2. The van der Waals surface area contributed by atoms with Crippen LogP contribution in [-0.2, 0) is 76.0 Å². The van der Waals surface area contributed by atoms with E-state index in [-0.39, 0.29) is 111 Å². The number of unbranched alkanes of at least 4 members (excludes halogenated alkanes) is 10. The second-order valence-electron chi connectivity index (χ2n) is 20.6. The minimum atomic E-state index is -0.488. The van der Waals surface area contributed by atoms with Crippen LogP contribution in [0.25, 0.3) is 0 Å². The topological polar surface area (TPSA) is 277 Å². The van der Waals surface area contributed by atoms with Gasteiger partial charge in [0.15, 0.2) is 18.4 Å². The van der Waals surface area contributed by atoms with Gasteiger partial charge in [-0.2, -0.15) is 0 Å². The SMILES string of the molecule is CCCCCC(=O)/C=C/[C@@H]1[C@@H](CCCCCCC(=O)OC)[C@@H](OC(C)=O)C[C@H]1OC1CCCCO1.CCCCCC(=O)CP(C)OC.COC(=O)CCCCCC[C@@H]1[C@@H](C=O)[C@H](OC2CCCCO2)C[C@@H]1OC(C)=O.O=O.OO.[H-].[Li+]. The van der Waals surface area contributed by atoms with Crippen molar-refractivity contribution in [3.63, 3.8) is 0 Å². The summed E-state index contributed by atoms with van der Waals surface area (Å²) >= 11 is 0. The Morgan fingerprint density at radius 3 is 1.41 bits per heavy atom. The molecule has 4 rings (SSSR count). The number of carbonyl (C=O) groups excluding carboxylic acids is 7. The van der Waals surface area contributed by atoms with Crippen molar-refractivity contribution in [1.29, 1.82) is 0 Å². The fourth-order valence-corrected chi connectivity index (χ4v) is 11.2. The fourth-order valence-electron chi connectivity index (χ4n) is 10.4. The van der Waals surface area contributed by atoms with Gasteiger partial charge in [0.25, 0.3) is 0 Å². The largest absolute Gasteiger partial charge is 1.00 e. The molecule has 0 spiro atoms. The molecule has 2 N–H and O–H groups in total. The van der Waals surface area contributed by atoms with E-state index in [9.17, 15) is 33.6 Å². The summed E-state index contributed by atoms with van der Waals surface area (Å²) in [5.41, 5.74) is 0. The number of ketones is 2. The molecule has 0 radical (unpaired) electrons. The van der Waals surface area contributed by atoms with Crippen LogP contribution in [0.2, 0.25) is 0 Å². The zero-order valence-electron chi connectivity index (χ0n) is 51.1. The fraction of sp³-hybridized carbons (Fsp3) is 0.845. The summed E-state index contributed by atoms with van der Waals surface area (Å²) in [4.78, 5) is 95.4. The van der Waals surface area contributed by atoms with E-state index >= 15 is 0 Å². The normalized spacial score (nSPS) is 24.2. The van der Waals surface area contributed by atoms with Gasteiger partial charge in [-0.25, -0.2) is 0 Å². The van der Waals surface area contributed by atoms with Crippen LogP contribution in [0.5, 0.6) is 0 Å². The standard InChI is InChI=1S/C28H46O7.C21H34O7.C9H19O2P.Li.H2O2.O2.H/c1-4-5-8-13-22(30)17-18-24-23(14-9-6-7-10-15-27(31)32-3)25(34-21(2)29)20-26(24)35-28-16-11-12-19-33-28;1-15(23)27-18-13-19(28-21-11-7-8-12-26-21)17(14-22)16(18)9-5-3-4-6-10-20(24)25-2;1-4-5-6-7-9(10)8-12(3)11-2;;2*1-2;/h17-18,23-26,28H,4-16,19-20H2,1-3H3;14,16-19,21H,3-13H2,1-2H3;4-8H2,1-3H3;;1-2H;;/q;;;+1;;;-1/b18-17+;;;;;;/t23-,24-,25+,26-,28?;16-,17-,18+,19-,21?;;;;;/m11...../s1. The van der Waals surface area contributed by atoms with Crippen molar-refractivity contribution < 1.29 is 107 Å². The van der Waals surface area contributed by atoms with Gasteiger partial charge in [-0.3, -0.25) is 39.3 Å². The quantitative estimate of drug-likeness (QED) is 0.00700. The zero-order valence-corrected chi connectivity index (χ0v) is 51.0. The van der Waals surface area contributed by atoms with Crippen LogP contribution in [0.3, 0.4) is 0 Å². The van der Waals surface area contributed by atoms with Crippen LogP contribution in [0.1, 0.15) is 209 Å². The number of aldehydes is 1. The maximum Gasteiger partial charge on any atom is 1.00 e. The molecule has 22 heteroatoms. The summed E-state index contributed by atoms with van der Waals surface area (Å²) in [7, 11) is 3.99. The Morgan fingerprint density at radius 2 is 1.01 bits per heavy atom. The number of allylic oxidation sites excluding steroid dienone is 1. The second-order valence-corrected chi connectivity index (χ2v) is 22.6. The molecule has 0 bridgehead atoms. The monoisotopic (exact) mass is 1160 g/mol. The molecule has 4 fully saturated rings. The molecule has 2 saturated carbocycles. The van der Waals surface area contributed by atoms with E-state index in [1.807, 2.05) is 12.7 Å². The smallest absolute Gasteiger partial charge is 1.00 e. The molecule has 2 aliphatic heterocycles. The van der Waals surface area contributed by atoms with E-state index in [2.05, 4.69) is 18.6 Å². The number of methoxy groups -OCH3 is 2. The number of esters is 4. The van der Waals surface area contributed by atoms with Crippen molar-refractivity contribution in [3.8, 4) is 0 Å².